The first kappa shape index (κ1) is 19.6. The van der Waals surface area contributed by atoms with E-state index in [0.29, 0.717) is 23.8 Å². The first-order valence-electron chi connectivity index (χ1n) is 8.82. The number of aromatic nitrogens is 2. The molecular weight excluding hydrogens is 376 g/mol. The van der Waals surface area contributed by atoms with Crippen LogP contribution in [0.3, 0.4) is 0 Å². The topological polar surface area (TPSA) is 76.1 Å². The molecule has 0 aliphatic heterocycles. The molecule has 3 aromatic rings. The van der Waals surface area contributed by atoms with Gasteiger partial charge in [0.1, 0.15) is 23.6 Å². The maximum Gasteiger partial charge on any atom is 0.270 e. The Kier molecular flexibility index (Phi) is 6.45. The van der Waals surface area contributed by atoms with Crippen molar-refractivity contribution in [2.75, 3.05) is 19.0 Å². The lowest BCUT2D eigenvalue weighted by atomic mass is 10.1. The van der Waals surface area contributed by atoms with Crippen LogP contribution in [0.5, 0.6) is 5.75 Å². The number of benzene rings is 2. The van der Waals surface area contributed by atoms with Crippen LogP contribution < -0.4 is 15.4 Å². The van der Waals surface area contributed by atoms with E-state index in [1.54, 1.807) is 13.2 Å². The molecular formula is C21H21ClN4O2. The van der Waals surface area contributed by atoms with Gasteiger partial charge in [-0.15, -0.1) is 0 Å². The second-order valence-electron chi connectivity index (χ2n) is 6.19. The normalized spacial score (nSPS) is 10.4. The zero-order valence-corrected chi connectivity index (χ0v) is 16.5. The fourth-order valence-corrected chi connectivity index (χ4v) is 2.90. The van der Waals surface area contributed by atoms with E-state index in [1.807, 2.05) is 49.4 Å². The number of ether oxygens (including phenoxy) is 1. The van der Waals surface area contributed by atoms with Gasteiger partial charge in [-0.3, -0.25) is 4.79 Å². The molecule has 0 unspecified atom stereocenters. The first-order valence-corrected chi connectivity index (χ1v) is 9.20. The highest BCUT2D eigenvalue weighted by molar-refractivity contribution is 6.30. The summed E-state index contributed by atoms with van der Waals surface area (Å²) >= 11 is 6.05. The lowest BCUT2D eigenvalue weighted by molar-refractivity contribution is 0.0949. The lowest BCUT2D eigenvalue weighted by Crippen LogP contribution is -2.26. The van der Waals surface area contributed by atoms with Gasteiger partial charge in [-0.05, 0) is 42.7 Å². The molecule has 28 heavy (non-hydrogen) atoms. The van der Waals surface area contributed by atoms with Gasteiger partial charge in [0.15, 0.2) is 0 Å². The molecule has 0 aliphatic rings. The molecule has 1 heterocycles. The number of hydrogen-bond acceptors (Lipinski definition) is 5. The van der Waals surface area contributed by atoms with Crippen LogP contribution in [0, 0.1) is 6.92 Å². The van der Waals surface area contributed by atoms with Crippen LogP contribution in [0.25, 0.3) is 0 Å². The number of carbonyl (C=O) groups is 1. The van der Waals surface area contributed by atoms with Gasteiger partial charge in [0, 0.05) is 23.3 Å². The summed E-state index contributed by atoms with van der Waals surface area (Å²) in [5.74, 6) is 1.07. The Morgan fingerprint density at radius 2 is 1.96 bits per heavy atom. The monoisotopic (exact) mass is 396 g/mol. The minimum absolute atomic E-state index is 0.261. The van der Waals surface area contributed by atoms with Crippen LogP contribution >= 0.6 is 11.6 Å². The summed E-state index contributed by atoms with van der Waals surface area (Å²) in [5, 5.41) is 6.67. The molecule has 7 heteroatoms. The fraction of sp³-hybridized carbons (Fsp3) is 0.190. The van der Waals surface area contributed by atoms with Gasteiger partial charge in [-0.1, -0.05) is 35.9 Å². The summed E-state index contributed by atoms with van der Waals surface area (Å²) < 4.78 is 5.33. The maximum atomic E-state index is 12.4. The van der Waals surface area contributed by atoms with Crippen molar-refractivity contribution >= 4 is 29.0 Å². The van der Waals surface area contributed by atoms with Crippen LogP contribution in [0.15, 0.2) is 54.9 Å². The third kappa shape index (κ3) is 4.98. The summed E-state index contributed by atoms with van der Waals surface area (Å²) in [6.45, 7) is 2.44. The van der Waals surface area contributed by atoms with Gasteiger partial charge in [0.25, 0.3) is 5.91 Å². The van der Waals surface area contributed by atoms with E-state index in [2.05, 4.69) is 20.6 Å². The van der Waals surface area contributed by atoms with Gasteiger partial charge in [0.05, 0.1) is 7.11 Å². The number of nitrogens with one attached hydrogen (secondary N) is 2. The highest BCUT2D eigenvalue weighted by Gasteiger charge is 2.10. The maximum absolute atomic E-state index is 12.4. The highest BCUT2D eigenvalue weighted by Crippen LogP contribution is 2.23. The smallest absolute Gasteiger partial charge is 0.270 e. The van der Waals surface area contributed by atoms with Crippen molar-refractivity contribution < 1.29 is 9.53 Å². The van der Waals surface area contributed by atoms with Gasteiger partial charge in [-0.2, -0.15) is 0 Å². The SMILES string of the molecule is COc1ccccc1CCNC(=O)c1cc(Nc2cc(Cl)ccc2C)ncn1. The fourth-order valence-electron chi connectivity index (χ4n) is 2.73. The molecule has 6 nitrogen and oxygen atoms in total. The Hall–Kier alpha value is -3.12. The van der Waals surface area contributed by atoms with E-state index >= 15 is 0 Å². The molecule has 0 radical (unpaired) electrons. The molecule has 1 aromatic heterocycles. The standard InChI is InChI=1S/C21H21ClN4O2/c1-14-7-8-16(22)11-17(14)26-20-12-18(24-13-25-20)21(27)23-10-9-15-5-3-4-6-19(15)28-2/h3-8,11-13H,9-10H2,1-2H3,(H,23,27)(H,24,25,26). The zero-order chi connectivity index (χ0) is 19.9. The number of carbonyl (C=O) groups excluding carboxylic acids is 1. The van der Waals surface area contributed by atoms with E-state index < -0.39 is 0 Å². The minimum atomic E-state index is -0.261. The number of halogens is 1. The molecule has 0 aliphatic carbocycles. The van der Waals surface area contributed by atoms with Crippen LogP contribution in [0.2, 0.25) is 5.02 Å². The molecule has 0 saturated heterocycles. The highest BCUT2D eigenvalue weighted by atomic mass is 35.5. The van der Waals surface area contributed by atoms with E-state index in [1.165, 1.54) is 6.33 Å². The number of para-hydroxylation sites is 1. The average Bonchev–Trinajstić information content (AvgIpc) is 2.71. The summed E-state index contributed by atoms with van der Waals surface area (Å²) in [5.41, 5.74) is 3.17. The summed E-state index contributed by atoms with van der Waals surface area (Å²) in [7, 11) is 1.63. The second-order valence-corrected chi connectivity index (χ2v) is 6.63. The first-order chi connectivity index (χ1) is 13.6. The largest absolute Gasteiger partial charge is 0.496 e. The lowest BCUT2D eigenvalue weighted by Gasteiger charge is -2.11. The molecule has 0 bridgehead atoms. The number of nitrogens with zero attached hydrogens (tertiary/aromatic N) is 2. The van der Waals surface area contributed by atoms with Crippen molar-refractivity contribution in [2.45, 2.75) is 13.3 Å². The van der Waals surface area contributed by atoms with Crippen molar-refractivity contribution in [3.05, 3.63) is 76.7 Å². The molecule has 2 N–H and O–H groups in total. The predicted octanol–water partition coefficient (Wildman–Crippen LogP) is 4.16. The second kappa shape index (κ2) is 9.19. The summed E-state index contributed by atoms with van der Waals surface area (Å²) in [6.07, 6.45) is 2.02. The Labute approximate surface area is 168 Å². The van der Waals surface area contributed by atoms with Crippen molar-refractivity contribution in [3.8, 4) is 5.75 Å². The molecule has 0 fully saturated rings. The number of hydrogen-bond donors (Lipinski definition) is 2. The zero-order valence-electron chi connectivity index (χ0n) is 15.7. The van der Waals surface area contributed by atoms with Gasteiger partial charge in [-0.25, -0.2) is 9.97 Å². The number of anilines is 2. The molecule has 0 atom stereocenters. The van der Waals surface area contributed by atoms with Crippen molar-refractivity contribution in [3.63, 3.8) is 0 Å². The molecule has 1 amide bonds. The summed E-state index contributed by atoms with van der Waals surface area (Å²) in [6, 6.07) is 14.9. The molecule has 144 valence electrons. The Morgan fingerprint density at radius 3 is 2.79 bits per heavy atom. The van der Waals surface area contributed by atoms with Crippen molar-refractivity contribution in [1.82, 2.24) is 15.3 Å². The summed E-state index contributed by atoms with van der Waals surface area (Å²) in [4.78, 5) is 20.7. The molecule has 0 spiro atoms. The molecule has 3 rings (SSSR count). The molecule has 0 saturated carbocycles. The number of aryl methyl sites for hydroxylation is 1. The number of amides is 1. The number of methoxy groups -OCH3 is 1. The van der Waals surface area contributed by atoms with Crippen LogP contribution in [0.4, 0.5) is 11.5 Å². The third-order valence-electron chi connectivity index (χ3n) is 4.23. The van der Waals surface area contributed by atoms with Crippen LogP contribution in [-0.4, -0.2) is 29.5 Å². The average molecular weight is 397 g/mol. The van der Waals surface area contributed by atoms with E-state index in [9.17, 15) is 4.79 Å². The quantitative estimate of drug-likeness (QED) is 0.627. The Bertz CT molecular complexity index is 978. The third-order valence-corrected chi connectivity index (χ3v) is 4.47. The van der Waals surface area contributed by atoms with Crippen molar-refractivity contribution in [1.29, 1.82) is 0 Å². The van der Waals surface area contributed by atoms with Gasteiger partial charge in [0.2, 0.25) is 0 Å². The van der Waals surface area contributed by atoms with E-state index in [-0.39, 0.29) is 11.6 Å². The Morgan fingerprint density at radius 1 is 1.14 bits per heavy atom. The van der Waals surface area contributed by atoms with Gasteiger partial charge >= 0.3 is 0 Å². The predicted molar refractivity (Wildman–Crippen MR) is 111 cm³/mol. The Balaban J connectivity index is 1.63. The van der Waals surface area contributed by atoms with Gasteiger partial charge < -0.3 is 15.4 Å². The van der Waals surface area contributed by atoms with Crippen LogP contribution in [0.1, 0.15) is 21.6 Å². The molecule has 2 aromatic carbocycles. The van der Waals surface area contributed by atoms with E-state index in [0.717, 1.165) is 22.6 Å². The van der Waals surface area contributed by atoms with Crippen LogP contribution in [-0.2, 0) is 6.42 Å². The van der Waals surface area contributed by atoms with Crippen molar-refractivity contribution in [2.24, 2.45) is 0 Å². The minimum Gasteiger partial charge on any atom is -0.496 e. The van der Waals surface area contributed by atoms with E-state index in [4.69, 9.17) is 16.3 Å². The number of rotatable bonds is 7.